The van der Waals surface area contributed by atoms with Crippen LogP contribution in [0, 0.1) is 12.8 Å². The van der Waals surface area contributed by atoms with Crippen LogP contribution in [-0.2, 0) is 4.74 Å². The van der Waals surface area contributed by atoms with Crippen molar-refractivity contribution in [2.45, 2.75) is 20.8 Å². The van der Waals surface area contributed by atoms with E-state index in [1.165, 1.54) is 0 Å². The van der Waals surface area contributed by atoms with Gasteiger partial charge in [-0.2, -0.15) is 5.10 Å². The summed E-state index contributed by atoms with van der Waals surface area (Å²) in [5.41, 5.74) is 6.11. The van der Waals surface area contributed by atoms with Crippen LogP contribution in [0.3, 0.4) is 0 Å². The molecule has 0 aliphatic carbocycles. The Morgan fingerprint density at radius 3 is 2.62 bits per heavy atom. The fourth-order valence-electron chi connectivity index (χ4n) is 2.51. The first-order valence-corrected chi connectivity index (χ1v) is 9.73. The Labute approximate surface area is 175 Å². The highest BCUT2D eigenvalue weighted by Crippen LogP contribution is 2.23. The van der Waals surface area contributed by atoms with Crippen LogP contribution >= 0.6 is 11.6 Å². The number of hydrogen-bond acceptors (Lipinski definition) is 5. The van der Waals surface area contributed by atoms with E-state index in [1.807, 2.05) is 63.2 Å². The number of carbonyl (C=O) groups excluding carboxylic acids is 1. The molecule has 0 radical (unpaired) electrons. The van der Waals surface area contributed by atoms with Crippen LogP contribution in [0.25, 0.3) is 11.3 Å². The lowest BCUT2D eigenvalue weighted by Crippen LogP contribution is -2.09. The standard InChI is InChI=1S/C23H23ClN2O3/c1-15(2)14-28-23(27)18-7-5-17(6-8-18)22-11-10-20(29-22)13-25-26-19-9-4-16(3)21(24)12-19/h4-13,15,26H,14H2,1-3H3. The zero-order valence-corrected chi connectivity index (χ0v) is 17.4. The van der Waals surface area contributed by atoms with Gasteiger partial charge in [0.05, 0.1) is 24.1 Å². The molecule has 2 aromatic carbocycles. The van der Waals surface area contributed by atoms with E-state index < -0.39 is 0 Å². The third kappa shape index (κ3) is 5.72. The number of hydrazone groups is 1. The fraction of sp³-hybridized carbons (Fsp3) is 0.217. The molecule has 0 amide bonds. The Bertz CT molecular complexity index is 1010. The number of benzene rings is 2. The minimum absolute atomic E-state index is 0.305. The molecular weight excluding hydrogens is 388 g/mol. The predicted octanol–water partition coefficient (Wildman–Crippen LogP) is 6.17. The Hall–Kier alpha value is -3.05. The van der Waals surface area contributed by atoms with Crippen LogP contribution in [0.1, 0.15) is 35.5 Å². The molecule has 0 spiro atoms. The first-order chi connectivity index (χ1) is 13.9. The number of ether oxygens (including phenoxy) is 1. The third-order valence-electron chi connectivity index (χ3n) is 4.14. The Morgan fingerprint density at radius 2 is 1.93 bits per heavy atom. The summed E-state index contributed by atoms with van der Waals surface area (Å²) in [7, 11) is 0. The van der Waals surface area contributed by atoms with Gasteiger partial charge in [-0.3, -0.25) is 5.43 Å². The molecular formula is C23H23ClN2O3. The van der Waals surface area contributed by atoms with E-state index >= 15 is 0 Å². The second-order valence-corrected chi connectivity index (χ2v) is 7.51. The van der Waals surface area contributed by atoms with E-state index in [-0.39, 0.29) is 5.97 Å². The lowest BCUT2D eigenvalue weighted by molar-refractivity contribution is 0.0459. The van der Waals surface area contributed by atoms with Crippen molar-refractivity contribution in [3.63, 3.8) is 0 Å². The number of rotatable bonds is 7. The minimum Gasteiger partial charge on any atom is -0.462 e. The van der Waals surface area contributed by atoms with Crippen LogP contribution < -0.4 is 5.43 Å². The number of anilines is 1. The Kier molecular flexibility index (Phi) is 6.73. The molecule has 0 atom stereocenters. The molecule has 6 heteroatoms. The number of halogens is 1. The van der Waals surface area contributed by atoms with Gasteiger partial charge in [-0.25, -0.2) is 4.79 Å². The van der Waals surface area contributed by atoms with Crippen LogP contribution in [-0.4, -0.2) is 18.8 Å². The largest absolute Gasteiger partial charge is 0.462 e. The summed E-state index contributed by atoms with van der Waals surface area (Å²) in [5.74, 6) is 1.27. The normalized spacial score (nSPS) is 11.2. The van der Waals surface area contributed by atoms with Crippen LogP contribution in [0.2, 0.25) is 5.02 Å². The summed E-state index contributed by atoms with van der Waals surface area (Å²) in [6, 6.07) is 16.5. The van der Waals surface area contributed by atoms with E-state index in [4.69, 9.17) is 20.8 Å². The summed E-state index contributed by atoms with van der Waals surface area (Å²) in [5, 5.41) is 4.86. The molecule has 3 aromatic rings. The minimum atomic E-state index is -0.320. The molecule has 0 saturated carbocycles. The average Bonchev–Trinajstić information content (AvgIpc) is 3.18. The fourth-order valence-corrected chi connectivity index (χ4v) is 2.69. The molecule has 0 aliphatic heterocycles. The summed E-state index contributed by atoms with van der Waals surface area (Å²) >= 11 is 6.10. The number of nitrogens with zero attached hydrogens (tertiary/aromatic N) is 1. The van der Waals surface area contributed by atoms with Gasteiger partial charge in [0.25, 0.3) is 0 Å². The van der Waals surface area contributed by atoms with Crippen molar-refractivity contribution in [1.29, 1.82) is 0 Å². The van der Waals surface area contributed by atoms with Crippen LogP contribution in [0.5, 0.6) is 0 Å². The molecule has 1 aromatic heterocycles. The van der Waals surface area contributed by atoms with E-state index in [1.54, 1.807) is 18.3 Å². The van der Waals surface area contributed by atoms with Gasteiger partial charge in [0.1, 0.15) is 11.5 Å². The maximum atomic E-state index is 12.0. The molecule has 5 nitrogen and oxygen atoms in total. The zero-order chi connectivity index (χ0) is 20.8. The molecule has 29 heavy (non-hydrogen) atoms. The summed E-state index contributed by atoms with van der Waals surface area (Å²) in [4.78, 5) is 12.0. The van der Waals surface area contributed by atoms with Crippen LogP contribution in [0.4, 0.5) is 5.69 Å². The molecule has 0 unspecified atom stereocenters. The number of hydrogen-bond donors (Lipinski definition) is 1. The van der Waals surface area contributed by atoms with E-state index in [9.17, 15) is 4.79 Å². The Morgan fingerprint density at radius 1 is 1.17 bits per heavy atom. The SMILES string of the molecule is Cc1ccc(NN=Cc2ccc(-c3ccc(C(=O)OCC(C)C)cc3)o2)cc1Cl. The molecule has 0 saturated heterocycles. The highest BCUT2D eigenvalue weighted by atomic mass is 35.5. The number of esters is 1. The highest BCUT2D eigenvalue weighted by Gasteiger charge is 2.10. The van der Waals surface area contributed by atoms with Gasteiger partial charge in [0, 0.05) is 10.6 Å². The van der Waals surface area contributed by atoms with Crippen molar-refractivity contribution >= 4 is 29.5 Å². The van der Waals surface area contributed by atoms with Gasteiger partial charge >= 0.3 is 5.97 Å². The summed E-state index contributed by atoms with van der Waals surface area (Å²) in [6.07, 6.45) is 1.59. The first-order valence-electron chi connectivity index (χ1n) is 9.35. The number of aryl methyl sites for hydroxylation is 1. The predicted molar refractivity (Wildman–Crippen MR) is 117 cm³/mol. The average molecular weight is 411 g/mol. The molecule has 1 N–H and O–H groups in total. The highest BCUT2D eigenvalue weighted by molar-refractivity contribution is 6.31. The molecule has 3 rings (SSSR count). The van der Waals surface area contributed by atoms with Crippen molar-refractivity contribution in [2.75, 3.05) is 12.0 Å². The zero-order valence-electron chi connectivity index (χ0n) is 16.6. The van der Waals surface area contributed by atoms with Gasteiger partial charge < -0.3 is 9.15 Å². The van der Waals surface area contributed by atoms with E-state index in [0.717, 1.165) is 16.8 Å². The van der Waals surface area contributed by atoms with E-state index in [0.29, 0.717) is 34.6 Å². The molecule has 0 fully saturated rings. The van der Waals surface area contributed by atoms with Gasteiger partial charge in [-0.15, -0.1) is 0 Å². The van der Waals surface area contributed by atoms with Gasteiger partial charge in [0.15, 0.2) is 0 Å². The summed E-state index contributed by atoms with van der Waals surface area (Å²) < 4.78 is 11.0. The second kappa shape index (κ2) is 9.43. The molecule has 150 valence electrons. The quantitative estimate of drug-likeness (QED) is 0.287. The number of carbonyl (C=O) groups is 1. The van der Waals surface area contributed by atoms with Crippen molar-refractivity contribution in [1.82, 2.24) is 0 Å². The maximum absolute atomic E-state index is 12.0. The maximum Gasteiger partial charge on any atom is 0.338 e. The van der Waals surface area contributed by atoms with Gasteiger partial charge in [0.2, 0.25) is 0 Å². The molecule has 1 heterocycles. The second-order valence-electron chi connectivity index (χ2n) is 7.11. The smallest absolute Gasteiger partial charge is 0.338 e. The Balaban J connectivity index is 1.61. The number of furan rings is 1. The van der Waals surface area contributed by atoms with Crippen molar-refractivity contribution in [2.24, 2.45) is 11.0 Å². The van der Waals surface area contributed by atoms with Crippen molar-refractivity contribution in [3.8, 4) is 11.3 Å². The number of nitrogens with one attached hydrogen (secondary N) is 1. The lowest BCUT2D eigenvalue weighted by atomic mass is 10.1. The van der Waals surface area contributed by atoms with E-state index in [2.05, 4.69) is 10.5 Å². The van der Waals surface area contributed by atoms with Gasteiger partial charge in [-0.05, 0) is 54.8 Å². The first kappa shape index (κ1) is 20.7. The monoisotopic (exact) mass is 410 g/mol. The van der Waals surface area contributed by atoms with Gasteiger partial charge in [-0.1, -0.05) is 43.6 Å². The third-order valence-corrected chi connectivity index (χ3v) is 4.54. The van der Waals surface area contributed by atoms with Crippen molar-refractivity contribution < 1.29 is 13.9 Å². The topological polar surface area (TPSA) is 63.8 Å². The lowest BCUT2D eigenvalue weighted by Gasteiger charge is -2.07. The summed E-state index contributed by atoms with van der Waals surface area (Å²) in [6.45, 7) is 6.35. The molecule has 0 bridgehead atoms. The van der Waals surface area contributed by atoms with Crippen LogP contribution in [0.15, 0.2) is 64.1 Å². The molecule has 0 aliphatic rings. The van der Waals surface area contributed by atoms with Crippen molar-refractivity contribution in [3.05, 3.63) is 76.5 Å².